The maximum absolute atomic E-state index is 12.0. The minimum absolute atomic E-state index is 0.0681. The third-order valence-electron chi connectivity index (χ3n) is 2.98. The van der Waals surface area contributed by atoms with Crippen molar-refractivity contribution in [3.05, 3.63) is 35.0 Å². The molecule has 82 valence electrons. The number of H-pyrrole nitrogens is 1. The minimum atomic E-state index is 0.0681. The average Bonchev–Trinajstić information content (AvgIpc) is 2.60. The van der Waals surface area contributed by atoms with Gasteiger partial charge in [-0.05, 0) is 24.6 Å². The van der Waals surface area contributed by atoms with Gasteiger partial charge in [0.05, 0.1) is 0 Å². The first-order valence-corrected chi connectivity index (χ1v) is 5.70. The lowest BCUT2D eigenvalue weighted by molar-refractivity contribution is 0.0646. The number of nitrogens with one attached hydrogen (secondary N) is 1. The highest BCUT2D eigenvalue weighted by molar-refractivity contribution is 6.35. The lowest BCUT2D eigenvalue weighted by Crippen LogP contribution is -2.42. The van der Waals surface area contributed by atoms with Gasteiger partial charge in [0.1, 0.15) is 5.69 Å². The molecule has 4 heteroatoms. The molecule has 1 fully saturated rings. The summed E-state index contributed by atoms with van der Waals surface area (Å²) in [6.45, 7) is 1.73. The van der Waals surface area contributed by atoms with Crippen LogP contribution in [0, 0.1) is 0 Å². The van der Waals surface area contributed by atoms with Gasteiger partial charge in [-0.15, -0.1) is 0 Å². The number of carbonyl (C=O) groups is 1. The zero-order valence-electron chi connectivity index (χ0n) is 8.66. The number of likely N-dealkylation sites (tertiary alicyclic amines) is 1. The number of aromatic nitrogens is 1. The number of aromatic amines is 1. The van der Waals surface area contributed by atoms with Crippen molar-refractivity contribution in [1.29, 1.82) is 0 Å². The van der Waals surface area contributed by atoms with E-state index in [4.69, 9.17) is 11.6 Å². The van der Waals surface area contributed by atoms with Crippen LogP contribution in [0.5, 0.6) is 0 Å². The molecule has 3 rings (SSSR count). The van der Waals surface area contributed by atoms with E-state index in [-0.39, 0.29) is 5.91 Å². The van der Waals surface area contributed by atoms with E-state index >= 15 is 0 Å². The number of nitrogens with zero attached hydrogens (tertiary/aromatic N) is 1. The molecule has 0 radical (unpaired) electrons. The van der Waals surface area contributed by atoms with E-state index in [2.05, 4.69) is 4.98 Å². The number of hydrogen-bond acceptors (Lipinski definition) is 1. The first kappa shape index (κ1) is 9.73. The summed E-state index contributed by atoms with van der Waals surface area (Å²) < 4.78 is 0. The normalized spacial score (nSPS) is 15.2. The SMILES string of the molecule is O=C(c1cc2c(Cl)cccc2[nH]1)N1CCC1. The number of hydrogen-bond donors (Lipinski definition) is 1. The Balaban J connectivity index is 2.04. The van der Waals surface area contributed by atoms with Crippen LogP contribution >= 0.6 is 11.6 Å². The Morgan fingerprint density at radius 2 is 2.19 bits per heavy atom. The van der Waals surface area contributed by atoms with Crippen LogP contribution in [0.1, 0.15) is 16.9 Å². The molecule has 1 saturated heterocycles. The predicted octanol–water partition coefficient (Wildman–Crippen LogP) is 2.67. The molecule has 1 aromatic carbocycles. The maximum atomic E-state index is 12.0. The smallest absolute Gasteiger partial charge is 0.270 e. The third kappa shape index (κ3) is 1.39. The van der Waals surface area contributed by atoms with Gasteiger partial charge in [0, 0.05) is 29.0 Å². The fraction of sp³-hybridized carbons (Fsp3) is 0.250. The van der Waals surface area contributed by atoms with Gasteiger partial charge in [-0.2, -0.15) is 0 Å². The average molecular weight is 235 g/mol. The van der Waals surface area contributed by atoms with Crippen LogP contribution in [0.2, 0.25) is 5.02 Å². The molecule has 0 spiro atoms. The summed E-state index contributed by atoms with van der Waals surface area (Å²) in [6, 6.07) is 7.46. The summed E-state index contributed by atoms with van der Waals surface area (Å²) in [5.74, 6) is 0.0681. The Morgan fingerprint density at radius 1 is 1.38 bits per heavy atom. The van der Waals surface area contributed by atoms with Crippen molar-refractivity contribution in [1.82, 2.24) is 9.88 Å². The van der Waals surface area contributed by atoms with Crippen molar-refractivity contribution in [2.75, 3.05) is 13.1 Å². The monoisotopic (exact) mass is 234 g/mol. The molecule has 1 aliphatic heterocycles. The molecule has 0 atom stereocenters. The number of amides is 1. The summed E-state index contributed by atoms with van der Waals surface area (Å²) in [5, 5.41) is 1.59. The Hall–Kier alpha value is -1.48. The van der Waals surface area contributed by atoms with E-state index in [0.717, 1.165) is 30.4 Å². The number of rotatable bonds is 1. The van der Waals surface area contributed by atoms with Crippen LogP contribution in [-0.4, -0.2) is 28.9 Å². The van der Waals surface area contributed by atoms with Crippen molar-refractivity contribution in [2.24, 2.45) is 0 Å². The van der Waals surface area contributed by atoms with Gasteiger partial charge >= 0.3 is 0 Å². The van der Waals surface area contributed by atoms with Gasteiger partial charge in [0.15, 0.2) is 0 Å². The van der Waals surface area contributed by atoms with E-state index in [9.17, 15) is 4.79 Å². The molecule has 1 aliphatic rings. The molecule has 3 nitrogen and oxygen atoms in total. The number of benzene rings is 1. The standard InChI is InChI=1S/C12H11ClN2O/c13-9-3-1-4-10-8(9)7-11(14-10)12(16)15-5-2-6-15/h1,3-4,7,14H,2,5-6H2. The molecule has 0 saturated carbocycles. The highest BCUT2D eigenvalue weighted by Crippen LogP contribution is 2.25. The molecule has 0 bridgehead atoms. The number of halogens is 1. The molecule has 1 aromatic heterocycles. The van der Waals surface area contributed by atoms with Gasteiger partial charge in [0.2, 0.25) is 0 Å². The lowest BCUT2D eigenvalue weighted by Gasteiger charge is -2.30. The molecule has 1 N–H and O–H groups in total. The Bertz CT molecular complexity index is 557. The summed E-state index contributed by atoms with van der Waals surface area (Å²) in [5.41, 5.74) is 1.54. The van der Waals surface area contributed by atoms with Gasteiger partial charge in [-0.25, -0.2) is 0 Å². The van der Waals surface area contributed by atoms with E-state index in [1.807, 2.05) is 29.2 Å². The fourth-order valence-corrected chi connectivity index (χ4v) is 2.15. The molecule has 16 heavy (non-hydrogen) atoms. The van der Waals surface area contributed by atoms with Gasteiger partial charge in [0.25, 0.3) is 5.91 Å². The maximum Gasteiger partial charge on any atom is 0.270 e. The molecule has 2 heterocycles. The van der Waals surface area contributed by atoms with Crippen LogP contribution in [0.4, 0.5) is 0 Å². The highest BCUT2D eigenvalue weighted by Gasteiger charge is 2.23. The van der Waals surface area contributed by atoms with Gasteiger partial charge < -0.3 is 9.88 Å². The molecular weight excluding hydrogens is 224 g/mol. The zero-order chi connectivity index (χ0) is 11.1. The van der Waals surface area contributed by atoms with E-state index < -0.39 is 0 Å². The van der Waals surface area contributed by atoms with Crippen molar-refractivity contribution < 1.29 is 4.79 Å². The van der Waals surface area contributed by atoms with Gasteiger partial charge in [-0.1, -0.05) is 17.7 Å². The lowest BCUT2D eigenvalue weighted by atomic mass is 10.2. The fourth-order valence-electron chi connectivity index (χ4n) is 1.92. The molecule has 2 aromatic rings. The van der Waals surface area contributed by atoms with Crippen LogP contribution in [-0.2, 0) is 0 Å². The second kappa shape index (κ2) is 3.52. The van der Waals surface area contributed by atoms with Crippen LogP contribution in [0.25, 0.3) is 10.9 Å². The second-order valence-electron chi connectivity index (χ2n) is 4.03. The van der Waals surface area contributed by atoms with Crippen LogP contribution in [0.15, 0.2) is 24.3 Å². The number of fused-ring (bicyclic) bond motifs is 1. The van der Waals surface area contributed by atoms with Gasteiger partial charge in [-0.3, -0.25) is 4.79 Å². The first-order chi connectivity index (χ1) is 7.75. The van der Waals surface area contributed by atoms with Crippen molar-refractivity contribution >= 4 is 28.4 Å². The second-order valence-corrected chi connectivity index (χ2v) is 4.44. The number of carbonyl (C=O) groups excluding carboxylic acids is 1. The Labute approximate surface area is 98.0 Å². The molecular formula is C12H11ClN2O. The van der Waals surface area contributed by atoms with Crippen molar-refractivity contribution in [2.45, 2.75) is 6.42 Å². The highest BCUT2D eigenvalue weighted by atomic mass is 35.5. The van der Waals surface area contributed by atoms with Crippen molar-refractivity contribution in [3.63, 3.8) is 0 Å². The van der Waals surface area contributed by atoms with E-state index in [1.54, 1.807) is 0 Å². The minimum Gasteiger partial charge on any atom is -0.350 e. The molecule has 1 amide bonds. The quantitative estimate of drug-likeness (QED) is 0.809. The van der Waals surface area contributed by atoms with Crippen LogP contribution < -0.4 is 0 Å². The zero-order valence-corrected chi connectivity index (χ0v) is 9.42. The predicted molar refractivity (Wildman–Crippen MR) is 63.8 cm³/mol. The molecule has 0 aliphatic carbocycles. The Morgan fingerprint density at radius 3 is 2.81 bits per heavy atom. The Kier molecular flexibility index (Phi) is 2.14. The summed E-state index contributed by atoms with van der Waals surface area (Å²) in [6.07, 6.45) is 1.10. The van der Waals surface area contributed by atoms with E-state index in [1.165, 1.54) is 0 Å². The van der Waals surface area contributed by atoms with Crippen LogP contribution in [0.3, 0.4) is 0 Å². The van der Waals surface area contributed by atoms with E-state index in [0.29, 0.717) is 10.7 Å². The summed E-state index contributed by atoms with van der Waals surface area (Å²) in [7, 11) is 0. The first-order valence-electron chi connectivity index (χ1n) is 5.32. The summed E-state index contributed by atoms with van der Waals surface area (Å²) in [4.78, 5) is 16.9. The topological polar surface area (TPSA) is 36.1 Å². The third-order valence-corrected chi connectivity index (χ3v) is 3.31. The molecule has 0 unspecified atom stereocenters. The largest absolute Gasteiger partial charge is 0.350 e. The summed E-state index contributed by atoms with van der Waals surface area (Å²) >= 11 is 6.06. The van der Waals surface area contributed by atoms with Crippen molar-refractivity contribution in [3.8, 4) is 0 Å².